The maximum Gasteiger partial charge on any atom is 0.0305 e. The summed E-state index contributed by atoms with van der Waals surface area (Å²) in [6, 6.07) is 9.80. The second kappa shape index (κ2) is 4.74. The van der Waals surface area contributed by atoms with Crippen molar-refractivity contribution in [3.05, 3.63) is 34.3 Å². The Hall–Kier alpha value is -0.340. The quantitative estimate of drug-likeness (QED) is 0.854. The van der Waals surface area contributed by atoms with Gasteiger partial charge in [0, 0.05) is 16.6 Å². The van der Waals surface area contributed by atoms with E-state index in [9.17, 15) is 0 Å². The zero-order valence-corrected chi connectivity index (χ0v) is 11.9. The highest BCUT2D eigenvalue weighted by molar-refractivity contribution is 9.10. The maximum absolute atomic E-state index is 3.87. The molecule has 0 aromatic heterocycles. The first-order valence-electron chi connectivity index (χ1n) is 6.76. The summed E-state index contributed by atoms with van der Waals surface area (Å²) in [6.45, 7) is 2.29. The average Bonchev–Trinajstić information content (AvgIpc) is 3.16. The Kier molecular flexibility index (Phi) is 3.27. The summed E-state index contributed by atoms with van der Waals surface area (Å²) in [5.41, 5.74) is 1.39. The molecule has 1 aromatic carbocycles. The van der Waals surface area contributed by atoms with Crippen molar-refractivity contribution in [2.75, 3.05) is 0 Å². The van der Waals surface area contributed by atoms with E-state index in [4.69, 9.17) is 0 Å². The molecule has 17 heavy (non-hydrogen) atoms. The van der Waals surface area contributed by atoms with Gasteiger partial charge in [-0.25, -0.2) is 0 Å². The van der Waals surface area contributed by atoms with Gasteiger partial charge in [-0.2, -0.15) is 0 Å². The zero-order chi connectivity index (χ0) is 11.8. The molecule has 0 bridgehead atoms. The topological polar surface area (TPSA) is 12.0 Å². The molecule has 2 fully saturated rings. The molecule has 1 atom stereocenters. The van der Waals surface area contributed by atoms with Crippen LogP contribution in [0.5, 0.6) is 0 Å². The molecule has 92 valence electrons. The van der Waals surface area contributed by atoms with Gasteiger partial charge in [0.25, 0.3) is 0 Å². The molecular formula is C15H20BrN. The summed E-state index contributed by atoms with van der Waals surface area (Å²) in [4.78, 5) is 0. The minimum absolute atomic E-state index is 0.455. The summed E-state index contributed by atoms with van der Waals surface area (Å²) in [5, 5.41) is 3.87. The van der Waals surface area contributed by atoms with Crippen LogP contribution in [0.3, 0.4) is 0 Å². The van der Waals surface area contributed by atoms with E-state index in [1.807, 2.05) is 0 Å². The van der Waals surface area contributed by atoms with E-state index in [1.165, 1.54) is 35.7 Å². The van der Waals surface area contributed by atoms with E-state index in [0.29, 0.717) is 6.04 Å². The highest BCUT2D eigenvalue weighted by atomic mass is 79.9. The van der Waals surface area contributed by atoms with Gasteiger partial charge in [-0.1, -0.05) is 34.1 Å². The van der Waals surface area contributed by atoms with Gasteiger partial charge < -0.3 is 5.32 Å². The molecule has 0 spiro atoms. The van der Waals surface area contributed by atoms with Crippen LogP contribution in [0, 0.1) is 11.8 Å². The number of hydrogen-bond donors (Lipinski definition) is 1. The van der Waals surface area contributed by atoms with Gasteiger partial charge in [0.05, 0.1) is 0 Å². The molecule has 0 amide bonds. The van der Waals surface area contributed by atoms with Crippen molar-refractivity contribution in [3.8, 4) is 0 Å². The molecular weight excluding hydrogens is 274 g/mol. The van der Waals surface area contributed by atoms with Crippen molar-refractivity contribution in [2.45, 2.75) is 44.7 Å². The Morgan fingerprint density at radius 2 is 1.71 bits per heavy atom. The van der Waals surface area contributed by atoms with Crippen LogP contribution in [0.15, 0.2) is 28.7 Å². The normalized spacial score (nSPS) is 21.8. The molecule has 0 radical (unpaired) electrons. The van der Waals surface area contributed by atoms with Crippen LogP contribution in [0.2, 0.25) is 0 Å². The number of halogens is 1. The van der Waals surface area contributed by atoms with E-state index in [2.05, 4.69) is 52.4 Å². The molecule has 0 aliphatic heterocycles. The fourth-order valence-electron chi connectivity index (χ4n) is 2.77. The molecule has 2 heteroatoms. The highest BCUT2D eigenvalue weighted by Gasteiger charge is 2.41. The van der Waals surface area contributed by atoms with Crippen LogP contribution in [0.25, 0.3) is 0 Å². The number of rotatable bonds is 5. The number of hydrogen-bond acceptors (Lipinski definition) is 1. The van der Waals surface area contributed by atoms with Crippen molar-refractivity contribution in [1.82, 2.24) is 5.32 Å². The van der Waals surface area contributed by atoms with E-state index < -0.39 is 0 Å². The summed E-state index contributed by atoms with van der Waals surface area (Å²) < 4.78 is 1.23. The molecule has 2 saturated carbocycles. The predicted molar refractivity (Wildman–Crippen MR) is 74.9 cm³/mol. The van der Waals surface area contributed by atoms with Gasteiger partial charge in [-0.15, -0.1) is 0 Å². The molecule has 0 heterocycles. The van der Waals surface area contributed by atoms with Crippen LogP contribution in [-0.4, -0.2) is 6.04 Å². The Bertz CT molecular complexity index is 384. The highest BCUT2D eigenvalue weighted by Crippen LogP contribution is 2.45. The lowest BCUT2D eigenvalue weighted by atomic mass is 10.0. The van der Waals surface area contributed by atoms with Crippen LogP contribution < -0.4 is 5.32 Å². The minimum Gasteiger partial charge on any atom is -0.307 e. The van der Waals surface area contributed by atoms with Gasteiger partial charge in [0.2, 0.25) is 0 Å². The SMILES string of the molecule is C[C@@H](NC(C1CC1)C1CC1)c1ccccc1Br. The first-order valence-corrected chi connectivity index (χ1v) is 7.55. The molecule has 3 rings (SSSR count). The first-order chi connectivity index (χ1) is 8.25. The van der Waals surface area contributed by atoms with Gasteiger partial charge in [-0.05, 0) is 56.1 Å². The molecule has 1 aromatic rings. The van der Waals surface area contributed by atoms with Gasteiger partial charge in [0.1, 0.15) is 0 Å². The smallest absolute Gasteiger partial charge is 0.0305 e. The molecule has 0 unspecified atom stereocenters. The Balaban J connectivity index is 1.69. The first kappa shape index (κ1) is 11.7. The third-order valence-corrected chi connectivity index (χ3v) is 4.80. The lowest BCUT2D eigenvalue weighted by Crippen LogP contribution is -2.35. The van der Waals surface area contributed by atoms with Crippen molar-refractivity contribution in [1.29, 1.82) is 0 Å². The monoisotopic (exact) mass is 293 g/mol. The second-order valence-electron chi connectivity index (χ2n) is 5.61. The Labute approximate surface area is 112 Å². The average molecular weight is 294 g/mol. The number of nitrogens with one attached hydrogen (secondary N) is 1. The van der Waals surface area contributed by atoms with E-state index in [1.54, 1.807) is 0 Å². The summed E-state index contributed by atoms with van der Waals surface area (Å²) in [7, 11) is 0. The summed E-state index contributed by atoms with van der Waals surface area (Å²) in [6.07, 6.45) is 5.77. The Morgan fingerprint density at radius 1 is 1.12 bits per heavy atom. The van der Waals surface area contributed by atoms with Crippen LogP contribution >= 0.6 is 15.9 Å². The molecule has 0 saturated heterocycles. The van der Waals surface area contributed by atoms with Gasteiger partial charge in [0.15, 0.2) is 0 Å². The largest absolute Gasteiger partial charge is 0.307 e. The van der Waals surface area contributed by atoms with Crippen LogP contribution in [0.4, 0.5) is 0 Å². The summed E-state index contributed by atoms with van der Waals surface area (Å²) in [5.74, 6) is 1.93. The zero-order valence-electron chi connectivity index (χ0n) is 10.3. The van der Waals surface area contributed by atoms with E-state index in [-0.39, 0.29) is 0 Å². The van der Waals surface area contributed by atoms with E-state index in [0.717, 1.165) is 17.9 Å². The van der Waals surface area contributed by atoms with Gasteiger partial charge >= 0.3 is 0 Å². The summed E-state index contributed by atoms with van der Waals surface area (Å²) >= 11 is 3.65. The van der Waals surface area contributed by atoms with Crippen molar-refractivity contribution >= 4 is 15.9 Å². The van der Waals surface area contributed by atoms with E-state index >= 15 is 0 Å². The predicted octanol–water partition coefficient (Wildman–Crippen LogP) is 4.29. The third-order valence-electron chi connectivity index (χ3n) is 4.07. The van der Waals surface area contributed by atoms with Crippen LogP contribution in [0.1, 0.15) is 44.2 Å². The maximum atomic E-state index is 3.87. The Morgan fingerprint density at radius 3 is 2.24 bits per heavy atom. The standard InChI is InChI=1S/C15H20BrN/c1-10(13-4-2-3-5-14(13)16)17-15(11-6-7-11)12-8-9-12/h2-5,10-12,15,17H,6-9H2,1H3/t10-/m1/s1. The molecule has 1 N–H and O–H groups in total. The lowest BCUT2D eigenvalue weighted by Gasteiger charge is -2.24. The second-order valence-corrected chi connectivity index (χ2v) is 6.46. The fraction of sp³-hybridized carbons (Fsp3) is 0.600. The minimum atomic E-state index is 0.455. The molecule has 1 nitrogen and oxygen atoms in total. The van der Waals surface area contributed by atoms with Crippen molar-refractivity contribution in [3.63, 3.8) is 0 Å². The number of benzene rings is 1. The fourth-order valence-corrected chi connectivity index (χ4v) is 3.40. The molecule has 2 aliphatic rings. The lowest BCUT2D eigenvalue weighted by molar-refractivity contribution is 0.377. The molecule has 2 aliphatic carbocycles. The van der Waals surface area contributed by atoms with Gasteiger partial charge in [-0.3, -0.25) is 0 Å². The van der Waals surface area contributed by atoms with Crippen molar-refractivity contribution in [2.24, 2.45) is 11.8 Å². The van der Waals surface area contributed by atoms with Crippen molar-refractivity contribution < 1.29 is 0 Å². The third kappa shape index (κ3) is 2.74. The van der Waals surface area contributed by atoms with Crippen LogP contribution in [-0.2, 0) is 0 Å².